The van der Waals surface area contributed by atoms with Crippen molar-refractivity contribution in [3.05, 3.63) is 27.5 Å². The zero-order valence-electron chi connectivity index (χ0n) is 9.02. The Morgan fingerprint density at radius 1 is 1.65 bits per heavy atom. The molecule has 1 aromatic heterocycles. The van der Waals surface area contributed by atoms with Gasteiger partial charge in [-0.15, -0.1) is 0 Å². The predicted molar refractivity (Wildman–Crippen MR) is 66.6 cm³/mol. The summed E-state index contributed by atoms with van der Waals surface area (Å²) in [5.74, 6) is -0.275. The molecule has 1 rings (SSSR count). The quantitative estimate of drug-likeness (QED) is 0.723. The molecule has 0 aliphatic rings. The number of amides is 1. The largest absolute Gasteiger partial charge is 0.388 e. The van der Waals surface area contributed by atoms with Gasteiger partial charge >= 0.3 is 0 Å². The van der Waals surface area contributed by atoms with Gasteiger partial charge in [-0.25, -0.2) is 4.98 Å². The molecule has 5 nitrogen and oxygen atoms in total. The Balaban J connectivity index is 2.77. The zero-order chi connectivity index (χ0) is 13.0. The number of aliphatic hydroxyl groups is 2. The molecule has 17 heavy (non-hydrogen) atoms. The number of carbonyl (C=O) groups excluding carboxylic acids is 1. The van der Waals surface area contributed by atoms with Gasteiger partial charge in [0.1, 0.15) is 17.4 Å². The van der Waals surface area contributed by atoms with Crippen LogP contribution in [0.2, 0.25) is 5.15 Å². The Hall–Kier alpha value is -0.690. The van der Waals surface area contributed by atoms with Gasteiger partial charge in [-0.2, -0.15) is 0 Å². The Labute approximate surface area is 112 Å². The zero-order valence-corrected chi connectivity index (χ0v) is 11.4. The monoisotopic (exact) mass is 322 g/mol. The molecule has 1 amide bonds. The second-order valence-corrected chi connectivity index (χ2v) is 4.72. The van der Waals surface area contributed by atoms with Gasteiger partial charge in [-0.3, -0.25) is 4.79 Å². The van der Waals surface area contributed by atoms with E-state index in [0.29, 0.717) is 10.0 Å². The summed E-state index contributed by atoms with van der Waals surface area (Å²) in [4.78, 5) is 14.5. The van der Waals surface area contributed by atoms with Crippen molar-refractivity contribution in [1.82, 2.24) is 10.3 Å². The number of hydrogen-bond acceptors (Lipinski definition) is 4. The summed E-state index contributed by atoms with van der Waals surface area (Å²) in [5, 5.41) is 22.2. The molecule has 3 N–H and O–H groups in total. The van der Waals surface area contributed by atoms with E-state index >= 15 is 0 Å². The normalized spacial score (nSPS) is 14.2. The number of nitrogens with zero attached hydrogens (tertiary/aromatic N) is 1. The smallest absolute Gasteiger partial charge is 0.216 e. The van der Waals surface area contributed by atoms with Crippen molar-refractivity contribution >= 4 is 33.4 Å². The van der Waals surface area contributed by atoms with Crippen molar-refractivity contribution in [2.24, 2.45) is 0 Å². The second kappa shape index (κ2) is 6.30. The summed E-state index contributed by atoms with van der Waals surface area (Å²) in [6.07, 6.45) is -0.836. The van der Waals surface area contributed by atoms with E-state index < -0.39 is 12.2 Å². The Bertz CT molecular complexity index is 417. The van der Waals surface area contributed by atoms with Gasteiger partial charge in [0, 0.05) is 29.7 Å². The molecule has 0 bridgehead atoms. The van der Waals surface area contributed by atoms with Gasteiger partial charge in [-0.05, 0) is 22.0 Å². The van der Waals surface area contributed by atoms with E-state index in [2.05, 4.69) is 26.2 Å². The van der Waals surface area contributed by atoms with Crippen LogP contribution >= 0.6 is 27.5 Å². The molecule has 0 saturated carbocycles. The molecule has 94 valence electrons. The maximum atomic E-state index is 10.7. The molecule has 1 heterocycles. The van der Waals surface area contributed by atoms with E-state index in [1.807, 2.05) is 0 Å². The number of hydrogen-bond donors (Lipinski definition) is 3. The number of carbonyl (C=O) groups is 1. The SMILES string of the molecule is CC(=O)NCC(O)C(O)c1cc(Cl)ncc1Br. The van der Waals surface area contributed by atoms with E-state index in [1.165, 1.54) is 19.2 Å². The van der Waals surface area contributed by atoms with Gasteiger partial charge < -0.3 is 15.5 Å². The highest BCUT2D eigenvalue weighted by molar-refractivity contribution is 9.10. The summed E-state index contributed by atoms with van der Waals surface area (Å²) < 4.78 is 0.538. The van der Waals surface area contributed by atoms with E-state index in [-0.39, 0.29) is 17.6 Å². The minimum atomic E-state index is -1.16. The first kappa shape index (κ1) is 14.4. The summed E-state index contributed by atoms with van der Waals surface area (Å²) >= 11 is 8.90. The lowest BCUT2D eigenvalue weighted by Gasteiger charge is -2.19. The lowest BCUT2D eigenvalue weighted by atomic mass is 10.1. The maximum Gasteiger partial charge on any atom is 0.216 e. The third-order valence-electron chi connectivity index (χ3n) is 2.09. The number of nitrogens with one attached hydrogen (secondary N) is 1. The first-order valence-corrected chi connectivity index (χ1v) is 6.00. The number of pyridine rings is 1. The minimum absolute atomic E-state index is 0.0388. The predicted octanol–water partition coefficient (Wildman–Crippen LogP) is 1.03. The molecule has 2 unspecified atom stereocenters. The molecule has 0 aliphatic heterocycles. The van der Waals surface area contributed by atoms with E-state index in [1.54, 1.807) is 0 Å². The molecule has 2 atom stereocenters. The highest BCUT2D eigenvalue weighted by Gasteiger charge is 2.21. The number of halogens is 2. The van der Waals surface area contributed by atoms with Crippen molar-refractivity contribution in [2.45, 2.75) is 19.1 Å². The highest BCUT2D eigenvalue weighted by Crippen LogP contribution is 2.26. The minimum Gasteiger partial charge on any atom is -0.388 e. The van der Waals surface area contributed by atoms with Crippen molar-refractivity contribution in [3.8, 4) is 0 Å². The van der Waals surface area contributed by atoms with Crippen molar-refractivity contribution < 1.29 is 15.0 Å². The molecule has 7 heteroatoms. The Kier molecular flexibility index (Phi) is 5.32. The Morgan fingerprint density at radius 3 is 2.88 bits per heavy atom. The van der Waals surface area contributed by atoms with Crippen LogP contribution in [0.25, 0.3) is 0 Å². The standard InChI is InChI=1S/C10H12BrClN2O3/c1-5(15)13-4-8(16)10(17)6-2-9(12)14-3-7(6)11/h2-3,8,10,16-17H,4H2,1H3,(H,13,15). The van der Waals surface area contributed by atoms with Crippen molar-refractivity contribution in [1.29, 1.82) is 0 Å². The first-order chi connectivity index (χ1) is 7.91. The summed E-state index contributed by atoms with van der Waals surface area (Å²) in [6, 6.07) is 1.45. The Morgan fingerprint density at radius 2 is 2.29 bits per heavy atom. The molecule has 0 fully saturated rings. The number of rotatable bonds is 4. The third kappa shape index (κ3) is 4.23. The van der Waals surface area contributed by atoms with Gasteiger partial charge in [0.05, 0.1) is 0 Å². The van der Waals surface area contributed by atoms with Gasteiger partial charge in [0.15, 0.2) is 0 Å². The molecule has 0 saturated heterocycles. The molecular weight excluding hydrogens is 311 g/mol. The fourth-order valence-corrected chi connectivity index (χ4v) is 1.84. The van der Waals surface area contributed by atoms with Crippen LogP contribution < -0.4 is 5.32 Å². The molecule has 0 radical (unpaired) electrons. The molecule has 0 spiro atoms. The summed E-state index contributed by atoms with van der Waals surface area (Å²) in [6.45, 7) is 1.29. The van der Waals surface area contributed by atoms with Crippen LogP contribution in [-0.2, 0) is 4.79 Å². The molecular formula is C10H12BrClN2O3. The van der Waals surface area contributed by atoms with Crippen molar-refractivity contribution in [3.63, 3.8) is 0 Å². The van der Waals surface area contributed by atoms with Crippen LogP contribution in [0.5, 0.6) is 0 Å². The van der Waals surface area contributed by atoms with Crippen LogP contribution in [0.3, 0.4) is 0 Å². The molecule has 1 aromatic rings. The average Bonchev–Trinajstić information content (AvgIpc) is 2.28. The van der Waals surface area contributed by atoms with Crippen LogP contribution in [0.1, 0.15) is 18.6 Å². The summed E-state index contributed by atoms with van der Waals surface area (Å²) in [7, 11) is 0. The van der Waals surface area contributed by atoms with E-state index in [0.717, 1.165) is 0 Å². The first-order valence-electron chi connectivity index (χ1n) is 4.83. The lowest BCUT2D eigenvalue weighted by Crippen LogP contribution is -2.34. The van der Waals surface area contributed by atoms with Crippen LogP contribution in [0.4, 0.5) is 0 Å². The fraction of sp³-hybridized carbons (Fsp3) is 0.400. The maximum absolute atomic E-state index is 10.7. The van der Waals surface area contributed by atoms with Crippen molar-refractivity contribution in [2.75, 3.05) is 6.54 Å². The highest BCUT2D eigenvalue weighted by atomic mass is 79.9. The van der Waals surface area contributed by atoms with E-state index in [9.17, 15) is 15.0 Å². The lowest BCUT2D eigenvalue weighted by molar-refractivity contribution is -0.119. The van der Waals surface area contributed by atoms with Crippen LogP contribution in [0.15, 0.2) is 16.7 Å². The number of aromatic nitrogens is 1. The average molecular weight is 324 g/mol. The fourth-order valence-electron chi connectivity index (χ4n) is 1.22. The third-order valence-corrected chi connectivity index (χ3v) is 2.96. The van der Waals surface area contributed by atoms with E-state index in [4.69, 9.17) is 11.6 Å². The van der Waals surface area contributed by atoms with Gasteiger partial charge in [-0.1, -0.05) is 11.6 Å². The van der Waals surface area contributed by atoms with Crippen LogP contribution in [0, 0.1) is 0 Å². The molecule has 0 aliphatic carbocycles. The second-order valence-electron chi connectivity index (χ2n) is 3.48. The van der Waals surface area contributed by atoms with Gasteiger partial charge in [0.2, 0.25) is 5.91 Å². The molecule has 0 aromatic carbocycles. The number of aliphatic hydroxyl groups excluding tert-OH is 2. The van der Waals surface area contributed by atoms with Crippen LogP contribution in [-0.4, -0.2) is 33.8 Å². The van der Waals surface area contributed by atoms with Gasteiger partial charge in [0.25, 0.3) is 0 Å². The topological polar surface area (TPSA) is 82.5 Å². The summed E-state index contributed by atoms with van der Waals surface area (Å²) in [5.41, 5.74) is 0.419.